The lowest BCUT2D eigenvalue weighted by atomic mass is 10.0. The van der Waals surface area contributed by atoms with Crippen LogP contribution in [-0.4, -0.2) is 40.8 Å². The Kier molecular flexibility index (Phi) is 4.24. The molecule has 1 aromatic heterocycles. The molecule has 0 radical (unpaired) electrons. The van der Waals surface area contributed by atoms with E-state index < -0.39 is 0 Å². The number of ether oxygens (including phenoxy) is 1. The van der Waals surface area contributed by atoms with E-state index in [0.717, 1.165) is 49.4 Å². The Bertz CT molecular complexity index is 664. The summed E-state index contributed by atoms with van der Waals surface area (Å²) in [5, 5.41) is 4.54. The maximum absolute atomic E-state index is 12.1. The van der Waals surface area contributed by atoms with Crippen LogP contribution in [0, 0.1) is 0 Å². The van der Waals surface area contributed by atoms with Crippen molar-refractivity contribution < 1.29 is 9.53 Å². The molecule has 0 fully saturated rings. The number of para-hydroxylation sites is 1. The van der Waals surface area contributed by atoms with Gasteiger partial charge >= 0.3 is 5.97 Å². The first-order valence-corrected chi connectivity index (χ1v) is 7.71. The van der Waals surface area contributed by atoms with Gasteiger partial charge in [0.15, 0.2) is 5.69 Å². The lowest BCUT2D eigenvalue weighted by molar-refractivity contribution is 0.0590. The number of rotatable bonds is 4. The van der Waals surface area contributed by atoms with Gasteiger partial charge in [-0.15, -0.1) is 0 Å². The second kappa shape index (κ2) is 6.32. The molecule has 5 heteroatoms. The summed E-state index contributed by atoms with van der Waals surface area (Å²) in [6.07, 6.45) is 2.00. The minimum Gasteiger partial charge on any atom is -0.464 e. The highest BCUT2D eigenvalue weighted by molar-refractivity contribution is 5.89. The van der Waals surface area contributed by atoms with E-state index in [4.69, 9.17) is 4.74 Å². The van der Waals surface area contributed by atoms with Crippen molar-refractivity contribution in [3.8, 4) is 5.69 Å². The van der Waals surface area contributed by atoms with Gasteiger partial charge in [0.05, 0.1) is 18.5 Å². The fraction of sp³-hybridized carbons (Fsp3) is 0.412. The van der Waals surface area contributed by atoms with Crippen molar-refractivity contribution >= 4 is 5.97 Å². The van der Waals surface area contributed by atoms with Crippen molar-refractivity contribution in [2.24, 2.45) is 0 Å². The Labute approximate surface area is 130 Å². The number of esters is 1. The van der Waals surface area contributed by atoms with E-state index >= 15 is 0 Å². The predicted octanol–water partition coefficient (Wildman–Crippen LogP) is 2.43. The highest BCUT2D eigenvalue weighted by Gasteiger charge is 2.28. The van der Waals surface area contributed by atoms with Gasteiger partial charge in [-0.2, -0.15) is 5.10 Å². The van der Waals surface area contributed by atoms with E-state index in [1.807, 2.05) is 35.0 Å². The second-order valence-corrected chi connectivity index (χ2v) is 5.54. The third-order valence-electron chi connectivity index (χ3n) is 4.06. The van der Waals surface area contributed by atoms with Crippen molar-refractivity contribution in [2.45, 2.75) is 26.3 Å². The van der Waals surface area contributed by atoms with E-state index in [1.165, 1.54) is 7.11 Å². The van der Waals surface area contributed by atoms with Crippen LogP contribution in [0.1, 0.15) is 35.1 Å². The van der Waals surface area contributed by atoms with Gasteiger partial charge in [0, 0.05) is 25.1 Å². The van der Waals surface area contributed by atoms with Crippen LogP contribution in [0.25, 0.3) is 5.69 Å². The third kappa shape index (κ3) is 2.64. The van der Waals surface area contributed by atoms with E-state index in [1.54, 1.807) is 0 Å². The largest absolute Gasteiger partial charge is 0.464 e. The summed E-state index contributed by atoms with van der Waals surface area (Å²) in [7, 11) is 1.41. The quantitative estimate of drug-likeness (QED) is 0.814. The summed E-state index contributed by atoms with van der Waals surface area (Å²) in [4.78, 5) is 14.4. The van der Waals surface area contributed by atoms with Gasteiger partial charge in [-0.25, -0.2) is 9.48 Å². The third-order valence-corrected chi connectivity index (χ3v) is 4.06. The molecule has 0 spiro atoms. The molecule has 2 aromatic rings. The molecular formula is C17H21N3O2. The molecule has 1 aromatic carbocycles. The summed E-state index contributed by atoms with van der Waals surface area (Å²) >= 11 is 0. The molecule has 0 aliphatic carbocycles. The zero-order valence-electron chi connectivity index (χ0n) is 13.1. The van der Waals surface area contributed by atoms with Crippen molar-refractivity contribution in [3.63, 3.8) is 0 Å². The molecule has 0 amide bonds. The van der Waals surface area contributed by atoms with Crippen molar-refractivity contribution in [2.75, 3.05) is 20.2 Å². The van der Waals surface area contributed by atoms with E-state index in [0.29, 0.717) is 5.69 Å². The average molecular weight is 299 g/mol. The Morgan fingerprint density at radius 2 is 2.09 bits per heavy atom. The highest BCUT2D eigenvalue weighted by Crippen LogP contribution is 2.26. The molecular weight excluding hydrogens is 278 g/mol. The second-order valence-electron chi connectivity index (χ2n) is 5.54. The van der Waals surface area contributed by atoms with Crippen molar-refractivity contribution in [1.29, 1.82) is 0 Å². The predicted molar refractivity (Wildman–Crippen MR) is 84.2 cm³/mol. The standard InChI is InChI=1S/C17H21N3O2/c1-3-10-19-11-9-15-14(12-19)16(17(21)22-2)18-20(15)13-7-5-4-6-8-13/h4-8H,3,9-12H2,1-2H3. The fourth-order valence-corrected chi connectivity index (χ4v) is 3.03. The molecule has 0 saturated heterocycles. The van der Waals surface area contributed by atoms with Crippen LogP contribution in [0.4, 0.5) is 0 Å². The summed E-state index contributed by atoms with van der Waals surface area (Å²) in [6, 6.07) is 9.95. The molecule has 2 heterocycles. The smallest absolute Gasteiger partial charge is 0.358 e. The number of hydrogen-bond acceptors (Lipinski definition) is 4. The number of aromatic nitrogens is 2. The van der Waals surface area contributed by atoms with Crippen LogP contribution in [0.2, 0.25) is 0 Å². The maximum Gasteiger partial charge on any atom is 0.358 e. The molecule has 0 bridgehead atoms. The molecule has 116 valence electrons. The van der Waals surface area contributed by atoms with Gasteiger partial charge in [0.1, 0.15) is 0 Å². The summed E-state index contributed by atoms with van der Waals surface area (Å²) in [5.41, 5.74) is 3.56. The number of benzene rings is 1. The van der Waals surface area contributed by atoms with Crippen LogP contribution in [0.3, 0.4) is 0 Å². The van der Waals surface area contributed by atoms with Crippen molar-refractivity contribution in [3.05, 3.63) is 47.3 Å². The molecule has 0 unspecified atom stereocenters. The Morgan fingerprint density at radius 1 is 1.32 bits per heavy atom. The summed E-state index contributed by atoms with van der Waals surface area (Å²) < 4.78 is 6.81. The molecule has 0 saturated carbocycles. The number of fused-ring (bicyclic) bond motifs is 1. The molecule has 22 heavy (non-hydrogen) atoms. The fourth-order valence-electron chi connectivity index (χ4n) is 3.03. The first kappa shape index (κ1) is 14.8. The van der Waals surface area contributed by atoms with Gasteiger partial charge in [-0.05, 0) is 25.1 Å². The first-order valence-electron chi connectivity index (χ1n) is 7.71. The minimum atomic E-state index is -0.357. The Balaban J connectivity index is 2.05. The maximum atomic E-state index is 12.1. The molecule has 1 aliphatic heterocycles. The molecule has 5 nitrogen and oxygen atoms in total. The van der Waals surface area contributed by atoms with Gasteiger partial charge in [0.2, 0.25) is 0 Å². The Morgan fingerprint density at radius 3 is 2.77 bits per heavy atom. The zero-order chi connectivity index (χ0) is 15.5. The van der Waals surface area contributed by atoms with Gasteiger partial charge < -0.3 is 4.74 Å². The summed E-state index contributed by atoms with van der Waals surface area (Å²) in [5.74, 6) is -0.357. The van der Waals surface area contributed by atoms with Crippen molar-refractivity contribution in [1.82, 2.24) is 14.7 Å². The zero-order valence-corrected chi connectivity index (χ0v) is 13.1. The monoisotopic (exact) mass is 299 g/mol. The number of hydrogen-bond donors (Lipinski definition) is 0. The SMILES string of the molecule is CCCN1CCc2c(c(C(=O)OC)nn2-c2ccccc2)C1. The number of carbonyl (C=O) groups is 1. The normalized spacial score (nSPS) is 14.6. The lowest BCUT2D eigenvalue weighted by Crippen LogP contribution is -2.32. The number of nitrogens with zero attached hydrogens (tertiary/aromatic N) is 3. The Hall–Kier alpha value is -2.14. The van der Waals surface area contributed by atoms with Crippen LogP contribution in [0.5, 0.6) is 0 Å². The number of methoxy groups -OCH3 is 1. The minimum absolute atomic E-state index is 0.357. The van der Waals surface area contributed by atoms with E-state index in [2.05, 4.69) is 16.9 Å². The highest BCUT2D eigenvalue weighted by atomic mass is 16.5. The van der Waals surface area contributed by atoms with Gasteiger partial charge in [-0.3, -0.25) is 4.90 Å². The van der Waals surface area contributed by atoms with Gasteiger partial charge in [-0.1, -0.05) is 25.1 Å². The first-order chi connectivity index (χ1) is 10.7. The average Bonchev–Trinajstić information content (AvgIpc) is 2.94. The lowest BCUT2D eigenvalue weighted by Gasteiger charge is -2.27. The van der Waals surface area contributed by atoms with Crippen LogP contribution in [-0.2, 0) is 17.7 Å². The van der Waals surface area contributed by atoms with Crippen LogP contribution >= 0.6 is 0 Å². The van der Waals surface area contributed by atoms with Crippen LogP contribution < -0.4 is 0 Å². The van der Waals surface area contributed by atoms with Gasteiger partial charge in [0.25, 0.3) is 0 Å². The summed E-state index contributed by atoms with van der Waals surface area (Å²) in [6.45, 7) is 4.97. The molecule has 0 N–H and O–H groups in total. The molecule has 3 rings (SSSR count). The molecule has 0 atom stereocenters. The van der Waals surface area contributed by atoms with E-state index in [9.17, 15) is 4.79 Å². The topological polar surface area (TPSA) is 47.4 Å². The van der Waals surface area contributed by atoms with E-state index in [-0.39, 0.29) is 5.97 Å². The van der Waals surface area contributed by atoms with Crippen LogP contribution in [0.15, 0.2) is 30.3 Å². The number of carbonyl (C=O) groups excluding carboxylic acids is 1. The molecule has 1 aliphatic rings.